The summed E-state index contributed by atoms with van der Waals surface area (Å²) < 4.78 is 0. The summed E-state index contributed by atoms with van der Waals surface area (Å²) in [6, 6.07) is 5.21. The van der Waals surface area contributed by atoms with Crippen LogP contribution in [0.15, 0.2) is 24.3 Å². The van der Waals surface area contributed by atoms with Crippen LogP contribution in [0.4, 0.5) is 5.69 Å². The van der Waals surface area contributed by atoms with Crippen LogP contribution >= 0.6 is 0 Å². The SMILES string of the molecule is NCCCCN.O=C(O)C(=O)CO.O=C(O)c1ccccc1[N+](=O)[O-]. The molecule has 0 aliphatic carbocycles. The number of rotatable bonds is 7. The zero-order chi connectivity index (χ0) is 19.8. The molecule has 0 atom stereocenters. The molecule has 0 amide bonds. The first-order chi connectivity index (χ1) is 11.7. The van der Waals surface area contributed by atoms with Crippen molar-refractivity contribution in [1.82, 2.24) is 0 Å². The molecule has 0 radical (unpaired) electrons. The maximum atomic E-state index is 10.4. The lowest BCUT2D eigenvalue weighted by atomic mass is 10.2. The van der Waals surface area contributed by atoms with Crippen molar-refractivity contribution in [1.29, 1.82) is 0 Å². The van der Waals surface area contributed by atoms with Gasteiger partial charge in [-0.3, -0.25) is 14.9 Å². The van der Waals surface area contributed by atoms with Crippen LogP contribution in [0.1, 0.15) is 23.2 Å². The molecular formula is C14H21N3O8. The van der Waals surface area contributed by atoms with Crippen molar-refractivity contribution in [3.8, 4) is 0 Å². The second-order valence-corrected chi connectivity index (χ2v) is 4.25. The number of carboxylic acids is 2. The number of hydrogen-bond acceptors (Lipinski definition) is 8. The molecule has 0 spiro atoms. The first kappa shape index (κ1) is 24.4. The van der Waals surface area contributed by atoms with Crippen LogP contribution in [0.25, 0.3) is 0 Å². The molecule has 11 nitrogen and oxygen atoms in total. The predicted octanol–water partition coefficient (Wildman–Crippen LogP) is -0.391. The molecule has 140 valence electrons. The highest BCUT2D eigenvalue weighted by Crippen LogP contribution is 2.16. The van der Waals surface area contributed by atoms with E-state index in [1.54, 1.807) is 0 Å². The van der Waals surface area contributed by atoms with Crippen molar-refractivity contribution in [2.45, 2.75) is 12.8 Å². The van der Waals surface area contributed by atoms with Gasteiger partial charge in [0.2, 0.25) is 0 Å². The lowest BCUT2D eigenvalue weighted by Gasteiger charge is -1.94. The number of aliphatic hydroxyl groups is 1. The van der Waals surface area contributed by atoms with Gasteiger partial charge in [0.15, 0.2) is 0 Å². The first-order valence-electron chi connectivity index (χ1n) is 6.96. The van der Waals surface area contributed by atoms with Crippen molar-refractivity contribution >= 4 is 23.4 Å². The number of nitrogens with two attached hydrogens (primary N) is 2. The van der Waals surface area contributed by atoms with Gasteiger partial charge >= 0.3 is 11.9 Å². The highest BCUT2D eigenvalue weighted by molar-refractivity contribution is 6.33. The van der Waals surface area contributed by atoms with Crippen molar-refractivity contribution < 1.29 is 34.6 Å². The number of aromatic carboxylic acids is 1. The standard InChI is InChI=1S/C7H5NO4.C4H12N2.C3H4O4/c9-7(10)5-3-1-2-4-6(5)8(11)12;5-3-1-2-4-6;4-1-2(5)3(6)7/h1-4H,(H,9,10);1-6H2;4H,1H2,(H,6,7). The van der Waals surface area contributed by atoms with Crippen molar-refractivity contribution in [3.63, 3.8) is 0 Å². The minimum atomic E-state index is -1.59. The summed E-state index contributed by atoms with van der Waals surface area (Å²) in [5.74, 6) is -4.07. The Morgan fingerprint density at radius 1 is 1.04 bits per heavy atom. The molecule has 0 unspecified atom stereocenters. The Hall–Kier alpha value is -2.89. The number of ketones is 1. The Morgan fingerprint density at radius 2 is 1.52 bits per heavy atom. The van der Waals surface area contributed by atoms with Gasteiger partial charge in [0.25, 0.3) is 11.5 Å². The summed E-state index contributed by atoms with van der Waals surface area (Å²) in [7, 11) is 0. The number of hydrogen-bond donors (Lipinski definition) is 5. The monoisotopic (exact) mass is 359 g/mol. The maximum absolute atomic E-state index is 10.4. The Morgan fingerprint density at radius 3 is 1.76 bits per heavy atom. The molecule has 0 bridgehead atoms. The number of nitro groups is 1. The van der Waals surface area contributed by atoms with Crippen molar-refractivity contribution in [2.75, 3.05) is 19.7 Å². The molecule has 1 rings (SSSR count). The van der Waals surface area contributed by atoms with Crippen LogP contribution in [0.2, 0.25) is 0 Å². The number of aliphatic hydroxyl groups excluding tert-OH is 1. The lowest BCUT2D eigenvalue weighted by molar-refractivity contribution is -0.385. The zero-order valence-electron chi connectivity index (χ0n) is 13.3. The molecule has 1 aromatic carbocycles. The zero-order valence-corrected chi connectivity index (χ0v) is 13.3. The molecule has 0 aromatic heterocycles. The minimum absolute atomic E-state index is 0.289. The molecule has 1 aromatic rings. The molecule has 0 aliphatic heterocycles. The molecule has 0 saturated heterocycles. The topological polar surface area (TPSA) is 207 Å². The molecule has 25 heavy (non-hydrogen) atoms. The van der Waals surface area contributed by atoms with Crippen LogP contribution in [-0.2, 0) is 9.59 Å². The van der Waals surface area contributed by atoms with E-state index in [-0.39, 0.29) is 11.3 Å². The molecule has 0 fully saturated rings. The second kappa shape index (κ2) is 14.7. The van der Waals surface area contributed by atoms with E-state index in [4.69, 9.17) is 26.8 Å². The third kappa shape index (κ3) is 12.2. The van der Waals surface area contributed by atoms with Crippen molar-refractivity contribution in [2.24, 2.45) is 11.5 Å². The molecule has 0 aliphatic rings. The summed E-state index contributed by atoms with van der Waals surface area (Å²) in [4.78, 5) is 39.1. The van der Waals surface area contributed by atoms with Gasteiger partial charge in [0.05, 0.1) is 4.92 Å². The molecule has 0 heterocycles. The number of aliphatic carboxylic acids is 1. The quantitative estimate of drug-likeness (QED) is 0.184. The smallest absolute Gasteiger partial charge is 0.374 e. The number of carbonyl (C=O) groups excluding carboxylic acids is 1. The number of carboxylic acid groups (broad SMARTS) is 2. The van der Waals surface area contributed by atoms with E-state index in [0.717, 1.165) is 32.0 Å². The van der Waals surface area contributed by atoms with Gasteiger partial charge in [-0.1, -0.05) is 12.1 Å². The van der Waals surface area contributed by atoms with Crippen LogP contribution in [0.3, 0.4) is 0 Å². The molecular weight excluding hydrogens is 338 g/mol. The average molecular weight is 359 g/mol. The second-order valence-electron chi connectivity index (χ2n) is 4.25. The normalized spacial score (nSPS) is 8.92. The summed E-state index contributed by atoms with van der Waals surface area (Å²) in [6.45, 7) is 0.629. The van der Waals surface area contributed by atoms with E-state index in [0.29, 0.717) is 0 Å². The number of Topliss-reactive ketones (excluding diaryl/α,β-unsaturated/α-hetero) is 1. The van der Waals surface area contributed by atoms with Gasteiger partial charge < -0.3 is 26.8 Å². The number of para-hydroxylation sites is 1. The molecule has 0 saturated carbocycles. The summed E-state index contributed by atoms with van der Waals surface area (Å²) >= 11 is 0. The molecule has 11 heteroatoms. The minimum Gasteiger partial charge on any atom is -0.477 e. The first-order valence-corrected chi connectivity index (χ1v) is 6.96. The van der Waals surface area contributed by atoms with Crippen molar-refractivity contribution in [3.05, 3.63) is 39.9 Å². The Kier molecular flexibility index (Phi) is 14.3. The highest BCUT2D eigenvalue weighted by atomic mass is 16.6. The van der Waals surface area contributed by atoms with Crippen LogP contribution in [0.5, 0.6) is 0 Å². The summed E-state index contributed by atoms with van der Waals surface area (Å²) in [5.41, 5.74) is 9.64. The Balaban J connectivity index is 0. The number of benzene rings is 1. The third-order valence-electron chi connectivity index (χ3n) is 2.37. The number of nitro benzene ring substituents is 1. The summed E-state index contributed by atoms with van der Waals surface area (Å²) in [5, 5.41) is 34.2. The van der Waals surface area contributed by atoms with Crippen LogP contribution in [-0.4, -0.2) is 57.7 Å². The highest BCUT2D eigenvalue weighted by Gasteiger charge is 2.17. The Labute approximate surface area is 143 Å². The van der Waals surface area contributed by atoms with E-state index in [2.05, 4.69) is 0 Å². The van der Waals surface area contributed by atoms with Gasteiger partial charge in [0.1, 0.15) is 12.2 Å². The van der Waals surface area contributed by atoms with Gasteiger partial charge in [-0.15, -0.1) is 0 Å². The summed E-state index contributed by atoms with van der Waals surface area (Å²) in [6.07, 6.45) is 2.13. The predicted molar refractivity (Wildman–Crippen MR) is 87.1 cm³/mol. The lowest BCUT2D eigenvalue weighted by Crippen LogP contribution is -2.15. The number of nitrogens with zero attached hydrogens (tertiary/aromatic N) is 1. The van der Waals surface area contributed by atoms with Gasteiger partial charge in [-0.05, 0) is 32.0 Å². The average Bonchev–Trinajstić information content (AvgIpc) is 2.60. The molecule has 7 N–H and O–H groups in total. The third-order valence-corrected chi connectivity index (χ3v) is 2.37. The van der Waals surface area contributed by atoms with Gasteiger partial charge in [-0.2, -0.15) is 0 Å². The maximum Gasteiger partial charge on any atom is 0.374 e. The van der Waals surface area contributed by atoms with E-state index < -0.39 is 29.3 Å². The van der Waals surface area contributed by atoms with E-state index in [9.17, 15) is 24.5 Å². The number of carbonyl (C=O) groups is 3. The largest absolute Gasteiger partial charge is 0.477 e. The fourth-order valence-corrected chi connectivity index (χ4v) is 1.17. The fraction of sp³-hybridized carbons (Fsp3) is 0.357. The van der Waals surface area contributed by atoms with Crippen LogP contribution < -0.4 is 11.5 Å². The van der Waals surface area contributed by atoms with Gasteiger partial charge in [0, 0.05) is 6.07 Å². The number of unbranched alkanes of at least 4 members (excludes halogenated alkanes) is 1. The Bertz CT molecular complexity index is 540. The van der Waals surface area contributed by atoms with Gasteiger partial charge in [-0.25, -0.2) is 9.59 Å². The van der Waals surface area contributed by atoms with E-state index in [1.165, 1.54) is 18.2 Å². The van der Waals surface area contributed by atoms with E-state index in [1.807, 2.05) is 0 Å². The van der Waals surface area contributed by atoms with E-state index >= 15 is 0 Å². The van der Waals surface area contributed by atoms with Crippen LogP contribution in [0, 0.1) is 10.1 Å². The fourth-order valence-electron chi connectivity index (χ4n) is 1.17.